The van der Waals surface area contributed by atoms with E-state index in [1.165, 1.54) is 50.8 Å². The molecule has 2 fully saturated rings. The van der Waals surface area contributed by atoms with Gasteiger partial charge in [0.05, 0.1) is 0 Å². The SMILES string of the molecule is Fc1ccc(CN2CCCC(NCC3CCC3)C2)cc1. The molecule has 1 aromatic rings. The van der Waals surface area contributed by atoms with E-state index in [2.05, 4.69) is 10.2 Å². The third kappa shape index (κ3) is 3.80. The van der Waals surface area contributed by atoms with Gasteiger partial charge in [0.1, 0.15) is 5.82 Å². The first-order valence-corrected chi connectivity index (χ1v) is 8.00. The molecule has 0 bridgehead atoms. The van der Waals surface area contributed by atoms with E-state index in [-0.39, 0.29) is 5.82 Å². The second-order valence-corrected chi connectivity index (χ2v) is 6.41. The Labute approximate surface area is 121 Å². The van der Waals surface area contributed by atoms with Crippen LogP contribution < -0.4 is 5.32 Å². The van der Waals surface area contributed by atoms with Gasteiger partial charge in [-0.25, -0.2) is 4.39 Å². The molecule has 1 saturated heterocycles. The molecule has 1 atom stereocenters. The van der Waals surface area contributed by atoms with Gasteiger partial charge in [-0.05, 0) is 62.4 Å². The molecule has 2 nitrogen and oxygen atoms in total. The highest BCUT2D eigenvalue weighted by Crippen LogP contribution is 2.25. The average molecular weight is 276 g/mol. The Morgan fingerprint density at radius 2 is 1.90 bits per heavy atom. The molecule has 0 radical (unpaired) electrons. The highest BCUT2D eigenvalue weighted by Gasteiger charge is 2.22. The minimum Gasteiger partial charge on any atom is -0.312 e. The lowest BCUT2D eigenvalue weighted by atomic mass is 9.85. The number of hydrogen-bond donors (Lipinski definition) is 1. The third-order valence-electron chi connectivity index (χ3n) is 4.74. The Hall–Kier alpha value is -0.930. The quantitative estimate of drug-likeness (QED) is 0.888. The van der Waals surface area contributed by atoms with E-state index >= 15 is 0 Å². The monoisotopic (exact) mass is 276 g/mol. The number of hydrogen-bond acceptors (Lipinski definition) is 2. The first-order chi connectivity index (χ1) is 9.79. The standard InChI is InChI=1S/C17H25FN2/c18-16-8-6-15(7-9-16)12-20-10-2-5-17(13-20)19-11-14-3-1-4-14/h6-9,14,17,19H,1-5,10-13H2. The number of likely N-dealkylation sites (tertiary alicyclic amines) is 1. The van der Waals surface area contributed by atoms with Crippen LogP contribution in [0.3, 0.4) is 0 Å². The summed E-state index contributed by atoms with van der Waals surface area (Å²) < 4.78 is 12.9. The lowest BCUT2D eigenvalue weighted by Crippen LogP contribution is -2.47. The van der Waals surface area contributed by atoms with Crippen LogP contribution in [0.25, 0.3) is 0 Å². The van der Waals surface area contributed by atoms with Crippen molar-refractivity contribution < 1.29 is 4.39 Å². The van der Waals surface area contributed by atoms with E-state index in [9.17, 15) is 4.39 Å². The maximum absolute atomic E-state index is 12.9. The van der Waals surface area contributed by atoms with Gasteiger partial charge in [0.15, 0.2) is 0 Å². The largest absolute Gasteiger partial charge is 0.312 e. The zero-order valence-electron chi connectivity index (χ0n) is 12.2. The zero-order valence-corrected chi connectivity index (χ0v) is 12.2. The molecular weight excluding hydrogens is 251 g/mol. The lowest BCUT2D eigenvalue weighted by Gasteiger charge is -2.35. The molecule has 2 aliphatic rings. The molecule has 1 heterocycles. The first kappa shape index (κ1) is 14.0. The summed E-state index contributed by atoms with van der Waals surface area (Å²) in [5, 5.41) is 3.75. The van der Waals surface area contributed by atoms with Gasteiger partial charge in [-0.2, -0.15) is 0 Å². The van der Waals surface area contributed by atoms with Crippen LogP contribution in [0.15, 0.2) is 24.3 Å². The van der Waals surface area contributed by atoms with Crippen LogP contribution in [0.1, 0.15) is 37.7 Å². The number of halogens is 1. The Morgan fingerprint density at radius 1 is 1.10 bits per heavy atom. The van der Waals surface area contributed by atoms with Gasteiger partial charge in [0, 0.05) is 19.1 Å². The predicted molar refractivity (Wildman–Crippen MR) is 80.0 cm³/mol. The highest BCUT2D eigenvalue weighted by molar-refractivity contribution is 5.16. The summed E-state index contributed by atoms with van der Waals surface area (Å²) >= 11 is 0. The molecule has 20 heavy (non-hydrogen) atoms. The maximum atomic E-state index is 12.9. The van der Waals surface area contributed by atoms with Gasteiger partial charge in [-0.15, -0.1) is 0 Å². The summed E-state index contributed by atoms with van der Waals surface area (Å²) in [5.41, 5.74) is 1.21. The zero-order chi connectivity index (χ0) is 13.8. The van der Waals surface area contributed by atoms with E-state index in [4.69, 9.17) is 0 Å². The molecule has 1 aliphatic heterocycles. The van der Waals surface area contributed by atoms with Gasteiger partial charge in [0.25, 0.3) is 0 Å². The van der Waals surface area contributed by atoms with Crippen molar-refractivity contribution in [2.24, 2.45) is 5.92 Å². The van der Waals surface area contributed by atoms with Crippen LogP contribution in [0.5, 0.6) is 0 Å². The fourth-order valence-electron chi connectivity index (χ4n) is 3.24. The lowest BCUT2D eigenvalue weighted by molar-refractivity contribution is 0.173. The van der Waals surface area contributed by atoms with E-state index in [0.29, 0.717) is 6.04 Å². The second kappa shape index (κ2) is 6.68. The summed E-state index contributed by atoms with van der Waals surface area (Å²) in [4.78, 5) is 2.50. The number of rotatable bonds is 5. The Kier molecular flexibility index (Phi) is 4.69. The molecule has 3 rings (SSSR count). The highest BCUT2D eigenvalue weighted by atomic mass is 19.1. The van der Waals surface area contributed by atoms with Crippen LogP contribution in [0.4, 0.5) is 4.39 Å². The molecular formula is C17H25FN2. The molecule has 1 aliphatic carbocycles. The van der Waals surface area contributed by atoms with Gasteiger partial charge in [0.2, 0.25) is 0 Å². The van der Waals surface area contributed by atoms with Gasteiger partial charge in [-0.1, -0.05) is 18.6 Å². The van der Waals surface area contributed by atoms with Crippen LogP contribution in [0.2, 0.25) is 0 Å². The van der Waals surface area contributed by atoms with Crippen LogP contribution in [-0.2, 0) is 6.54 Å². The average Bonchev–Trinajstić information content (AvgIpc) is 2.40. The van der Waals surface area contributed by atoms with Gasteiger partial charge in [-0.3, -0.25) is 4.90 Å². The summed E-state index contributed by atoms with van der Waals surface area (Å²) in [6.45, 7) is 4.44. The van der Waals surface area contributed by atoms with Crippen LogP contribution in [0, 0.1) is 11.7 Å². The van der Waals surface area contributed by atoms with Crippen molar-refractivity contribution in [1.29, 1.82) is 0 Å². The summed E-state index contributed by atoms with van der Waals surface area (Å²) in [7, 11) is 0. The minimum atomic E-state index is -0.146. The number of nitrogens with zero attached hydrogens (tertiary/aromatic N) is 1. The fraction of sp³-hybridized carbons (Fsp3) is 0.647. The Bertz CT molecular complexity index is 414. The number of benzene rings is 1. The van der Waals surface area contributed by atoms with Crippen LogP contribution in [-0.4, -0.2) is 30.6 Å². The molecule has 3 heteroatoms. The van der Waals surface area contributed by atoms with Crippen molar-refractivity contribution in [2.75, 3.05) is 19.6 Å². The maximum Gasteiger partial charge on any atom is 0.123 e. The van der Waals surface area contributed by atoms with E-state index < -0.39 is 0 Å². The van der Waals surface area contributed by atoms with E-state index in [0.717, 1.165) is 19.0 Å². The van der Waals surface area contributed by atoms with Crippen LogP contribution >= 0.6 is 0 Å². The Balaban J connectivity index is 1.45. The third-order valence-corrected chi connectivity index (χ3v) is 4.74. The number of piperidine rings is 1. The van der Waals surface area contributed by atoms with Crippen molar-refractivity contribution in [3.8, 4) is 0 Å². The summed E-state index contributed by atoms with van der Waals surface area (Å²) in [5.74, 6) is 0.787. The van der Waals surface area contributed by atoms with Gasteiger partial charge < -0.3 is 5.32 Å². The van der Waals surface area contributed by atoms with Crippen molar-refractivity contribution in [1.82, 2.24) is 10.2 Å². The topological polar surface area (TPSA) is 15.3 Å². The molecule has 1 unspecified atom stereocenters. The molecule has 1 saturated carbocycles. The molecule has 1 aromatic carbocycles. The van der Waals surface area contributed by atoms with E-state index in [1.807, 2.05) is 12.1 Å². The smallest absolute Gasteiger partial charge is 0.123 e. The van der Waals surface area contributed by atoms with E-state index in [1.54, 1.807) is 12.1 Å². The Morgan fingerprint density at radius 3 is 2.60 bits per heavy atom. The predicted octanol–water partition coefficient (Wildman–Crippen LogP) is 3.18. The van der Waals surface area contributed by atoms with Crippen molar-refractivity contribution >= 4 is 0 Å². The second-order valence-electron chi connectivity index (χ2n) is 6.41. The summed E-state index contributed by atoms with van der Waals surface area (Å²) in [6, 6.07) is 7.57. The molecule has 0 aromatic heterocycles. The van der Waals surface area contributed by atoms with Crippen molar-refractivity contribution in [2.45, 2.75) is 44.7 Å². The van der Waals surface area contributed by atoms with Gasteiger partial charge >= 0.3 is 0 Å². The van der Waals surface area contributed by atoms with Crippen molar-refractivity contribution in [3.05, 3.63) is 35.6 Å². The fourth-order valence-corrected chi connectivity index (χ4v) is 3.24. The molecule has 0 amide bonds. The molecule has 110 valence electrons. The number of nitrogens with one attached hydrogen (secondary N) is 1. The normalized spacial score (nSPS) is 24.6. The molecule has 0 spiro atoms. The molecule has 1 N–H and O–H groups in total. The minimum absolute atomic E-state index is 0.146. The first-order valence-electron chi connectivity index (χ1n) is 8.00. The summed E-state index contributed by atoms with van der Waals surface area (Å²) in [6.07, 6.45) is 6.82. The van der Waals surface area contributed by atoms with Crippen molar-refractivity contribution in [3.63, 3.8) is 0 Å².